The molecule has 30 heavy (non-hydrogen) atoms. The molecular formula is C18H20N4O7S. The number of ether oxygens (including phenoxy) is 2. The van der Waals surface area contributed by atoms with Crippen LogP contribution in [0.25, 0.3) is 0 Å². The second-order valence-corrected chi connectivity index (χ2v) is 8.16. The van der Waals surface area contributed by atoms with Gasteiger partial charge in [-0.1, -0.05) is 0 Å². The number of sulfonamides is 1. The Kier molecular flexibility index (Phi) is 6.50. The molecule has 2 N–H and O–H groups in total. The van der Waals surface area contributed by atoms with Crippen molar-refractivity contribution in [2.24, 2.45) is 5.10 Å². The van der Waals surface area contributed by atoms with Crippen LogP contribution >= 0.6 is 0 Å². The maximum atomic E-state index is 13.1. The van der Waals surface area contributed by atoms with Crippen molar-refractivity contribution in [1.29, 1.82) is 0 Å². The number of aromatic hydroxyl groups is 1. The summed E-state index contributed by atoms with van der Waals surface area (Å²) in [7, 11) is -2.54. The molecule has 0 atom stereocenters. The lowest BCUT2D eigenvalue weighted by molar-refractivity contribution is -0.385. The summed E-state index contributed by atoms with van der Waals surface area (Å²) in [4.78, 5) is 10.2. The van der Waals surface area contributed by atoms with Gasteiger partial charge in [0.25, 0.3) is 5.69 Å². The third kappa shape index (κ3) is 4.67. The van der Waals surface area contributed by atoms with Gasteiger partial charge in [-0.3, -0.25) is 15.5 Å². The molecule has 0 spiro atoms. The van der Waals surface area contributed by atoms with Gasteiger partial charge in [-0.15, -0.1) is 0 Å². The van der Waals surface area contributed by atoms with E-state index in [1.165, 1.54) is 35.8 Å². The molecule has 0 amide bonds. The van der Waals surface area contributed by atoms with E-state index in [1.807, 2.05) is 0 Å². The summed E-state index contributed by atoms with van der Waals surface area (Å²) in [5, 5.41) is 25.0. The molecule has 1 fully saturated rings. The van der Waals surface area contributed by atoms with E-state index >= 15 is 0 Å². The molecule has 11 nitrogen and oxygen atoms in total. The molecule has 1 aliphatic heterocycles. The highest BCUT2D eigenvalue weighted by Crippen LogP contribution is 2.29. The monoisotopic (exact) mass is 436 g/mol. The van der Waals surface area contributed by atoms with Crippen molar-refractivity contribution in [3.8, 4) is 11.5 Å². The van der Waals surface area contributed by atoms with Gasteiger partial charge >= 0.3 is 0 Å². The Labute approximate surface area is 172 Å². The number of morpholine rings is 1. The fourth-order valence-corrected chi connectivity index (χ4v) is 4.36. The molecule has 2 aromatic carbocycles. The van der Waals surface area contributed by atoms with Gasteiger partial charge in [-0.25, -0.2) is 8.42 Å². The van der Waals surface area contributed by atoms with Gasteiger partial charge in [-0.2, -0.15) is 9.41 Å². The van der Waals surface area contributed by atoms with Gasteiger partial charge < -0.3 is 14.6 Å². The molecule has 0 saturated carbocycles. The summed E-state index contributed by atoms with van der Waals surface area (Å²) in [6.07, 6.45) is 1.28. The number of nitrogens with zero attached hydrogens (tertiary/aromatic N) is 3. The topological polar surface area (TPSA) is 144 Å². The standard InChI is InChI=1S/C18H20N4O7S/c1-28-15-3-5-17(23)13(10-15)12-19-20-16-4-2-14(22(24)25)11-18(16)30(26,27)21-6-8-29-9-7-21/h2-5,10-12,20,23H,6-9H2,1H3. The number of hydrogen-bond donors (Lipinski definition) is 2. The minimum absolute atomic E-state index is 0.0498. The van der Waals surface area contributed by atoms with Crippen molar-refractivity contribution in [3.05, 3.63) is 52.1 Å². The Bertz CT molecular complexity index is 1070. The first-order valence-corrected chi connectivity index (χ1v) is 10.3. The number of non-ortho nitro benzene ring substituents is 1. The third-order valence-electron chi connectivity index (χ3n) is 4.39. The number of rotatable bonds is 7. The van der Waals surface area contributed by atoms with Crippen molar-refractivity contribution in [3.63, 3.8) is 0 Å². The zero-order chi connectivity index (χ0) is 21.7. The van der Waals surface area contributed by atoms with Crippen LogP contribution < -0.4 is 10.2 Å². The Morgan fingerprint density at radius 1 is 1.27 bits per heavy atom. The zero-order valence-corrected chi connectivity index (χ0v) is 16.8. The van der Waals surface area contributed by atoms with Crippen molar-refractivity contribution in [2.45, 2.75) is 4.90 Å². The average Bonchev–Trinajstić information content (AvgIpc) is 2.75. The van der Waals surface area contributed by atoms with E-state index in [1.54, 1.807) is 12.1 Å². The van der Waals surface area contributed by atoms with Crippen molar-refractivity contribution < 1.29 is 27.9 Å². The molecule has 0 aliphatic carbocycles. The smallest absolute Gasteiger partial charge is 0.270 e. The molecule has 0 bridgehead atoms. The molecule has 1 heterocycles. The number of benzene rings is 2. The molecule has 0 radical (unpaired) electrons. The van der Waals surface area contributed by atoms with Crippen LogP contribution in [0, 0.1) is 10.1 Å². The van der Waals surface area contributed by atoms with Gasteiger partial charge in [-0.05, 0) is 24.3 Å². The predicted octanol–water partition coefficient (Wildman–Crippen LogP) is 1.78. The minimum atomic E-state index is -4.02. The first-order chi connectivity index (χ1) is 14.3. The minimum Gasteiger partial charge on any atom is -0.507 e. The molecule has 3 rings (SSSR count). The predicted molar refractivity (Wildman–Crippen MR) is 109 cm³/mol. The summed E-state index contributed by atoms with van der Waals surface area (Å²) in [5.41, 5.74) is 2.63. The molecular weight excluding hydrogens is 416 g/mol. The zero-order valence-electron chi connectivity index (χ0n) is 16.0. The van der Waals surface area contributed by atoms with Gasteiger partial charge in [0.1, 0.15) is 16.4 Å². The largest absolute Gasteiger partial charge is 0.507 e. The number of phenols is 1. The lowest BCUT2D eigenvalue weighted by Crippen LogP contribution is -2.40. The quantitative estimate of drug-likeness (QED) is 0.380. The van der Waals surface area contributed by atoms with Crippen LogP contribution in [-0.2, 0) is 14.8 Å². The van der Waals surface area contributed by atoms with Crippen LogP contribution in [-0.4, -0.2) is 62.4 Å². The van der Waals surface area contributed by atoms with Crippen molar-refractivity contribution >= 4 is 27.6 Å². The number of hydrogen-bond acceptors (Lipinski definition) is 9. The maximum absolute atomic E-state index is 13.1. The summed E-state index contributed by atoms with van der Waals surface area (Å²) in [6, 6.07) is 7.99. The summed E-state index contributed by atoms with van der Waals surface area (Å²) >= 11 is 0. The summed E-state index contributed by atoms with van der Waals surface area (Å²) < 4.78 is 37.6. The Hall–Kier alpha value is -3.22. The highest BCUT2D eigenvalue weighted by Gasteiger charge is 2.30. The number of phenolic OH excluding ortho intramolecular Hbond substituents is 1. The van der Waals surface area contributed by atoms with Gasteiger partial charge in [0, 0.05) is 30.8 Å². The molecule has 0 aromatic heterocycles. The van der Waals surface area contributed by atoms with Crippen LogP contribution in [0.4, 0.5) is 11.4 Å². The van der Waals surface area contributed by atoms with E-state index in [-0.39, 0.29) is 48.3 Å². The molecule has 12 heteroatoms. The Balaban J connectivity index is 1.93. The van der Waals surface area contributed by atoms with E-state index in [0.717, 1.165) is 6.07 Å². The van der Waals surface area contributed by atoms with E-state index in [2.05, 4.69) is 10.5 Å². The number of nitrogens with one attached hydrogen (secondary N) is 1. The maximum Gasteiger partial charge on any atom is 0.270 e. The molecule has 1 aliphatic rings. The van der Waals surface area contributed by atoms with E-state index in [9.17, 15) is 23.6 Å². The van der Waals surface area contributed by atoms with Crippen LogP contribution in [0.5, 0.6) is 11.5 Å². The molecule has 160 valence electrons. The molecule has 2 aromatic rings. The normalized spacial score (nSPS) is 15.2. The first-order valence-electron chi connectivity index (χ1n) is 8.85. The summed E-state index contributed by atoms with van der Waals surface area (Å²) in [6.45, 7) is 0.769. The fraction of sp³-hybridized carbons (Fsp3) is 0.278. The number of nitro groups is 1. The highest BCUT2D eigenvalue weighted by atomic mass is 32.2. The van der Waals surface area contributed by atoms with E-state index in [0.29, 0.717) is 11.3 Å². The molecule has 1 saturated heterocycles. The Morgan fingerprint density at radius 3 is 2.67 bits per heavy atom. The SMILES string of the molecule is COc1ccc(O)c(C=NNc2ccc([N+](=O)[O-])cc2S(=O)(=O)N2CCOCC2)c1. The Morgan fingerprint density at radius 2 is 2.00 bits per heavy atom. The second kappa shape index (κ2) is 9.07. The number of methoxy groups -OCH3 is 1. The fourth-order valence-electron chi connectivity index (χ4n) is 2.79. The van der Waals surface area contributed by atoms with Crippen LogP contribution in [0.15, 0.2) is 46.4 Å². The lowest BCUT2D eigenvalue weighted by Gasteiger charge is -2.26. The lowest BCUT2D eigenvalue weighted by atomic mass is 10.2. The highest BCUT2D eigenvalue weighted by molar-refractivity contribution is 7.89. The number of anilines is 1. The van der Waals surface area contributed by atoms with E-state index < -0.39 is 14.9 Å². The van der Waals surface area contributed by atoms with E-state index in [4.69, 9.17) is 9.47 Å². The number of hydrazone groups is 1. The van der Waals surface area contributed by atoms with Crippen LogP contribution in [0.1, 0.15) is 5.56 Å². The second-order valence-electron chi connectivity index (χ2n) is 6.25. The van der Waals surface area contributed by atoms with Crippen LogP contribution in [0.2, 0.25) is 0 Å². The molecule has 0 unspecified atom stereocenters. The summed E-state index contributed by atoms with van der Waals surface area (Å²) in [5.74, 6) is 0.450. The van der Waals surface area contributed by atoms with Gasteiger partial charge in [0.05, 0.1) is 37.1 Å². The average molecular weight is 436 g/mol. The number of nitro benzene ring substituents is 1. The van der Waals surface area contributed by atoms with Gasteiger partial charge in [0.15, 0.2) is 0 Å². The third-order valence-corrected chi connectivity index (χ3v) is 6.33. The first kappa shape index (κ1) is 21.5. The van der Waals surface area contributed by atoms with Crippen molar-refractivity contribution in [1.82, 2.24) is 4.31 Å². The van der Waals surface area contributed by atoms with Crippen molar-refractivity contribution in [2.75, 3.05) is 38.8 Å². The van der Waals surface area contributed by atoms with Crippen LogP contribution in [0.3, 0.4) is 0 Å². The van der Waals surface area contributed by atoms with Gasteiger partial charge in [0.2, 0.25) is 10.0 Å².